The van der Waals surface area contributed by atoms with E-state index in [1.165, 1.54) is 23.0 Å². The van der Waals surface area contributed by atoms with E-state index < -0.39 is 11.6 Å². The minimum absolute atomic E-state index is 0.150. The van der Waals surface area contributed by atoms with Crippen LogP contribution >= 0.6 is 22.9 Å². The van der Waals surface area contributed by atoms with Crippen LogP contribution in [0.1, 0.15) is 64.3 Å². The van der Waals surface area contributed by atoms with Crippen LogP contribution in [0.25, 0.3) is 10.3 Å². The molecule has 0 unspecified atom stereocenters. The van der Waals surface area contributed by atoms with E-state index in [4.69, 9.17) is 26.1 Å². The Bertz CT molecular complexity index is 1640. The van der Waals surface area contributed by atoms with Gasteiger partial charge in [0.25, 0.3) is 0 Å². The zero-order valence-electron chi connectivity index (χ0n) is 22.7. The summed E-state index contributed by atoms with van der Waals surface area (Å²) < 4.78 is 29.3. The largest absolute Gasteiger partial charge is 0.482 e. The number of nitrogens with zero attached hydrogens (tertiary/aromatic N) is 3. The number of ether oxygens (including phenoxy) is 2. The highest BCUT2D eigenvalue weighted by Crippen LogP contribution is 2.47. The number of para-hydroxylation sites is 1. The monoisotopic (exact) mass is 595 g/mol. The van der Waals surface area contributed by atoms with Gasteiger partial charge in [-0.15, -0.1) is 11.3 Å². The average molecular weight is 596 g/mol. The van der Waals surface area contributed by atoms with Gasteiger partial charge in [0.2, 0.25) is 0 Å². The number of carboxylic acid groups (broad SMARTS) is 1. The minimum atomic E-state index is -0.918. The Kier molecular flexibility index (Phi) is 6.81. The Morgan fingerprint density at radius 1 is 1.22 bits per heavy atom. The van der Waals surface area contributed by atoms with Gasteiger partial charge >= 0.3 is 5.97 Å². The maximum Gasteiger partial charge on any atom is 0.346 e. The SMILES string of the molecule is C[C@]1(c2ccc(Cl)cc2F)Cc2cccc(C3CCN(Cc4nc5sc(C(=O)O)cc5n4C[C@@H]4CCO4)CC3)c2O1. The molecule has 214 valence electrons. The Morgan fingerprint density at radius 3 is 2.73 bits per heavy atom. The molecule has 2 saturated heterocycles. The summed E-state index contributed by atoms with van der Waals surface area (Å²) in [7, 11) is 0. The lowest BCUT2D eigenvalue weighted by atomic mass is 9.86. The molecular weight excluding hydrogens is 565 g/mol. The number of halogens is 2. The number of fused-ring (bicyclic) bond motifs is 2. The molecule has 10 heteroatoms. The first-order chi connectivity index (χ1) is 19.8. The van der Waals surface area contributed by atoms with Gasteiger partial charge in [-0.25, -0.2) is 14.2 Å². The predicted octanol–water partition coefficient (Wildman–Crippen LogP) is 6.61. The molecule has 3 aliphatic heterocycles. The lowest BCUT2D eigenvalue weighted by Crippen LogP contribution is -2.35. The molecule has 41 heavy (non-hydrogen) atoms. The van der Waals surface area contributed by atoms with Gasteiger partial charge in [0, 0.05) is 23.6 Å². The molecule has 1 N–H and O–H groups in total. The molecule has 2 aromatic carbocycles. The fraction of sp³-hybridized carbons (Fsp3) is 0.419. The van der Waals surface area contributed by atoms with Crippen molar-refractivity contribution in [3.8, 4) is 5.75 Å². The standard InChI is InChI=1S/C31H31ClFN3O4S/c1-31(23-6-5-20(32)13-24(23)33)15-19-3-2-4-22(28(19)40-31)18-7-10-35(11-8-18)17-27-34-29-25(14-26(41-29)30(37)38)36(27)16-21-9-12-39-21/h2-6,13-14,18,21H,7-12,15-17H2,1H3,(H,37,38)/t21-,31+/m0/s1. The van der Waals surface area contributed by atoms with E-state index in [2.05, 4.69) is 27.7 Å². The second kappa shape index (κ2) is 10.4. The molecule has 0 aliphatic carbocycles. The molecule has 2 atom stereocenters. The molecule has 0 bridgehead atoms. The molecule has 2 aromatic heterocycles. The van der Waals surface area contributed by atoms with Gasteiger partial charge in [-0.3, -0.25) is 4.90 Å². The number of likely N-dealkylation sites (tertiary alicyclic amines) is 1. The van der Waals surface area contributed by atoms with E-state index in [0.717, 1.165) is 66.4 Å². The second-order valence-corrected chi connectivity index (χ2v) is 13.0. The third-order valence-electron chi connectivity index (χ3n) is 8.79. The van der Waals surface area contributed by atoms with Crippen LogP contribution in [0.5, 0.6) is 5.75 Å². The quantitative estimate of drug-likeness (QED) is 0.259. The van der Waals surface area contributed by atoms with Crippen molar-refractivity contribution >= 4 is 39.3 Å². The number of aromatic nitrogens is 2. The summed E-state index contributed by atoms with van der Waals surface area (Å²) in [5.74, 6) is 0.945. The molecule has 0 amide bonds. The maximum atomic E-state index is 14.9. The molecule has 0 saturated carbocycles. The zero-order chi connectivity index (χ0) is 28.3. The van der Waals surface area contributed by atoms with Gasteiger partial charge in [-0.1, -0.05) is 35.9 Å². The van der Waals surface area contributed by atoms with Crippen molar-refractivity contribution in [3.63, 3.8) is 0 Å². The summed E-state index contributed by atoms with van der Waals surface area (Å²) in [6.45, 7) is 5.96. The molecule has 3 aliphatic rings. The van der Waals surface area contributed by atoms with Gasteiger partial charge < -0.3 is 19.1 Å². The van der Waals surface area contributed by atoms with Crippen LogP contribution in [0.3, 0.4) is 0 Å². The zero-order valence-corrected chi connectivity index (χ0v) is 24.3. The highest BCUT2D eigenvalue weighted by molar-refractivity contribution is 7.20. The van der Waals surface area contributed by atoms with Gasteiger partial charge in [0.05, 0.1) is 24.7 Å². The third kappa shape index (κ3) is 4.92. The first-order valence-corrected chi connectivity index (χ1v) is 15.3. The third-order valence-corrected chi connectivity index (χ3v) is 10.0. The van der Waals surface area contributed by atoms with Gasteiger partial charge in [0.15, 0.2) is 0 Å². The molecule has 4 aromatic rings. The Balaban J connectivity index is 1.07. The van der Waals surface area contributed by atoms with E-state index in [9.17, 15) is 14.3 Å². The molecule has 7 rings (SSSR count). The number of thiophene rings is 1. The predicted molar refractivity (Wildman–Crippen MR) is 156 cm³/mol. The summed E-state index contributed by atoms with van der Waals surface area (Å²) >= 11 is 7.23. The number of rotatable bonds is 7. The molecule has 7 nitrogen and oxygen atoms in total. The van der Waals surface area contributed by atoms with E-state index >= 15 is 0 Å². The lowest BCUT2D eigenvalue weighted by molar-refractivity contribution is -0.0592. The molecular formula is C31H31ClFN3O4S. The Morgan fingerprint density at radius 2 is 2.02 bits per heavy atom. The minimum Gasteiger partial charge on any atom is -0.482 e. The van der Waals surface area contributed by atoms with Crippen molar-refractivity contribution in [2.24, 2.45) is 0 Å². The smallest absolute Gasteiger partial charge is 0.346 e. The second-order valence-electron chi connectivity index (χ2n) is 11.5. The lowest BCUT2D eigenvalue weighted by Gasteiger charge is -2.33. The van der Waals surface area contributed by atoms with Crippen LogP contribution in [0.15, 0.2) is 42.5 Å². The van der Waals surface area contributed by atoms with Crippen molar-refractivity contribution in [3.05, 3.63) is 80.7 Å². The number of piperidine rings is 1. The summed E-state index contributed by atoms with van der Waals surface area (Å²) in [6, 6.07) is 12.9. The van der Waals surface area contributed by atoms with Crippen molar-refractivity contribution in [1.82, 2.24) is 14.5 Å². The highest BCUT2D eigenvalue weighted by Gasteiger charge is 2.41. The van der Waals surface area contributed by atoms with Crippen LogP contribution in [0.2, 0.25) is 5.02 Å². The van der Waals surface area contributed by atoms with Crippen LogP contribution in [-0.2, 0) is 29.8 Å². The van der Waals surface area contributed by atoms with Crippen LogP contribution < -0.4 is 4.74 Å². The summed E-state index contributed by atoms with van der Waals surface area (Å²) in [4.78, 5) is 19.9. The number of hydrogen-bond acceptors (Lipinski definition) is 6. The van der Waals surface area contributed by atoms with Crippen molar-refractivity contribution in [2.45, 2.75) is 63.3 Å². The molecule has 2 fully saturated rings. The number of carboxylic acids is 1. The molecule has 5 heterocycles. The van der Waals surface area contributed by atoms with Gasteiger partial charge in [-0.05, 0) is 74.5 Å². The van der Waals surface area contributed by atoms with Crippen LogP contribution in [0.4, 0.5) is 4.39 Å². The topological polar surface area (TPSA) is 76.8 Å². The number of carbonyl (C=O) groups is 1. The van der Waals surface area contributed by atoms with E-state index in [-0.39, 0.29) is 11.9 Å². The Labute approximate surface area is 246 Å². The van der Waals surface area contributed by atoms with Gasteiger partial charge in [0.1, 0.15) is 32.7 Å². The van der Waals surface area contributed by atoms with Gasteiger partial charge in [-0.2, -0.15) is 0 Å². The normalized spacial score (nSPS) is 23.0. The number of hydrogen-bond donors (Lipinski definition) is 1. The molecule has 0 spiro atoms. The summed E-state index contributed by atoms with van der Waals surface area (Å²) in [5, 5.41) is 9.84. The van der Waals surface area contributed by atoms with Crippen molar-refractivity contribution in [1.29, 1.82) is 0 Å². The first-order valence-electron chi connectivity index (χ1n) is 14.1. The number of benzene rings is 2. The van der Waals surface area contributed by atoms with E-state index in [0.29, 0.717) is 40.9 Å². The van der Waals surface area contributed by atoms with Crippen LogP contribution in [0, 0.1) is 5.82 Å². The summed E-state index contributed by atoms with van der Waals surface area (Å²) in [6.07, 6.45) is 3.73. The van der Waals surface area contributed by atoms with E-state index in [1.54, 1.807) is 18.2 Å². The number of imidazole rings is 1. The van der Waals surface area contributed by atoms with E-state index in [1.807, 2.05) is 6.92 Å². The summed E-state index contributed by atoms with van der Waals surface area (Å²) in [5.41, 5.74) is 2.94. The van der Waals surface area contributed by atoms with Crippen LogP contribution in [-0.4, -0.2) is 51.3 Å². The Hall–Kier alpha value is -2.98. The molecule has 0 radical (unpaired) electrons. The maximum absolute atomic E-state index is 14.9. The fourth-order valence-corrected chi connectivity index (χ4v) is 7.56. The van der Waals surface area contributed by atoms with Crippen molar-refractivity contribution in [2.75, 3.05) is 19.7 Å². The fourth-order valence-electron chi connectivity index (χ4n) is 6.51. The van der Waals surface area contributed by atoms with Crippen molar-refractivity contribution < 1.29 is 23.8 Å². The first kappa shape index (κ1) is 26.9. The average Bonchev–Trinajstić information content (AvgIpc) is 3.57. The highest BCUT2D eigenvalue weighted by atomic mass is 35.5. The number of aromatic carboxylic acids is 1.